The molecule has 130 valence electrons. The Bertz CT molecular complexity index is 626. The van der Waals surface area contributed by atoms with Crippen LogP contribution in [0, 0.1) is 5.92 Å². The van der Waals surface area contributed by atoms with E-state index in [1.165, 1.54) is 0 Å². The van der Waals surface area contributed by atoms with E-state index in [2.05, 4.69) is 15.9 Å². The van der Waals surface area contributed by atoms with Gasteiger partial charge in [-0.25, -0.2) is 0 Å². The summed E-state index contributed by atoms with van der Waals surface area (Å²) < 4.78 is 6.12. The van der Waals surface area contributed by atoms with Crippen molar-refractivity contribution >= 4 is 39.3 Å². The van der Waals surface area contributed by atoms with Gasteiger partial charge in [-0.15, -0.1) is 0 Å². The third-order valence-electron chi connectivity index (χ3n) is 4.61. The number of piperidine rings is 1. The van der Waals surface area contributed by atoms with Gasteiger partial charge < -0.3 is 14.5 Å². The van der Waals surface area contributed by atoms with Crippen LogP contribution in [0.4, 0.5) is 0 Å². The molecule has 2 heterocycles. The monoisotopic (exact) mass is 414 g/mol. The van der Waals surface area contributed by atoms with Crippen molar-refractivity contribution in [1.82, 2.24) is 9.80 Å². The predicted octanol–water partition coefficient (Wildman–Crippen LogP) is 2.81. The maximum atomic E-state index is 12.7. The summed E-state index contributed by atoms with van der Waals surface area (Å²) in [4.78, 5) is 28.9. The molecule has 5 nitrogen and oxygen atoms in total. The molecule has 1 aromatic carbocycles. The molecule has 2 fully saturated rings. The van der Waals surface area contributed by atoms with Crippen LogP contribution in [0.1, 0.15) is 23.2 Å². The molecular weight excluding hydrogens is 396 g/mol. The van der Waals surface area contributed by atoms with Crippen molar-refractivity contribution < 1.29 is 14.3 Å². The van der Waals surface area contributed by atoms with Crippen LogP contribution < -0.4 is 0 Å². The van der Waals surface area contributed by atoms with Crippen molar-refractivity contribution in [1.29, 1.82) is 0 Å². The maximum absolute atomic E-state index is 12.7. The number of rotatable bonds is 2. The first-order chi connectivity index (χ1) is 11.6. The van der Waals surface area contributed by atoms with E-state index in [0.29, 0.717) is 62.8 Å². The number of benzene rings is 1. The molecule has 2 saturated heterocycles. The minimum absolute atomic E-state index is 0.00475. The van der Waals surface area contributed by atoms with E-state index in [4.69, 9.17) is 16.3 Å². The molecule has 0 aromatic heterocycles. The van der Waals surface area contributed by atoms with Crippen LogP contribution in [-0.2, 0) is 9.53 Å². The molecule has 0 aliphatic carbocycles. The molecule has 0 unspecified atom stereocenters. The second kappa shape index (κ2) is 7.85. The van der Waals surface area contributed by atoms with Crippen LogP contribution in [0.2, 0.25) is 5.02 Å². The molecule has 1 aromatic rings. The maximum Gasteiger partial charge on any atom is 0.255 e. The molecule has 3 rings (SSSR count). The standard InChI is InChI=1S/C17H20BrClN2O3/c18-13-1-2-15(19)14(11-13)17(23)20-5-3-12(4-6-20)16(22)21-7-9-24-10-8-21/h1-2,11-12H,3-10H2. The van der Waals surface area contributed by atoms with Crippen molar-refractivity contribution in [3.05, 3.63) is 33.3 Å². The van der Waals surface area contributed by atoms with Crippen molar-refractivity contribution in [2.75, 3.05) is 39.4 Å². The minimum atomic E-state index is -0.0708. The summed E-state index contributed by atoms with van der Waals surface area (Å²) in [6.07, 6.45) is 1.40. The van der Waals surface area contributed by atoms with Gasteiger partial charge in [0, 0.05) is 36.6 Å². The van der Waals surface area contributed by atoms with E-state index in [1.54, 1.807) is 17.0 Å². The lowest BCUT2D eigenvalue weighted by molar-refractivity contribution is -0.141. The Labute approximate surface area is 155 Å². The Morgan fingerprint density at radius 3 is 2.42 bits per heavy atom. The quantitative estimate of drug-likeness (QED) is 0.746. The number of carbonyl (C=O) groups excluding carboxylic acids is 2. The van der Waals surface area contributed by atoms with E-state index in [0.717, 1.165) is 4.47 Å². The molecule has 0 atom stereocenters. The number of amides is 2. The number of hydrogen-bond acceptors (Lipinski definition) is 3. The highest BCUT2D eigenvalue weighted by Crippen LogP contribution is 2.26. The minimum Gasteiger partial charge on any atom is -0.378 e. The van der Waals surface area contributed by atoms with Gasteiger partial charge in [-0.05, 0) is 31.0 Å². The Balaban J connectivity index is 1.59. The van der Waals surface area contributed by atoms with Gasteiger partial charge in [-0.3, -0.25) is 9.59 Å². The van der Waals surface area contributed by atoms with Gasteiger partial charge in [0.15, 0.2) is 0 Å². The average molecular weight is 416 g/mol. The van der Waals surface area contributed by atoms with Gasteiger partial charge >= 0.3 is 0 Å². The molecule has 2 aliphatic rings. The number of carbonyl (C=O) groups is 2. The SMILES string of the molecule is O=C(c1cc(Br)ccc1Cl)N1CCC(C(=O)N2CCOCC2)CC1. The van der Waals surface area contributed by atoms with E-state index in [-0.39, 0.29) is 17.7 Å². The van der Waals surface area contributed by atoms with Crippen molar-refractivity contribution in [3.8, 4) is 0 Å². The summed E-state index contributed by atoms with van der Waals surface area (Å²) in [5.74, 6) is 0.134. The predicted molar refractivity (Wildman–Crippen MR) is 95.2 cm³/mol. The van der Waals surface area contributed by atoms with Gasteiger partial charge in [-0.2, -0.15) is 0 Å². The third kappa shape index (κ3) is 3.92. The van der Waals surface area contributed by atoms with E-state index >= 15 is 0 Å². The lowest BCUT2D eigenvalue weighted by atomic mass is 9.94. The van der Waals surface area contributed by atoms with Crippen molar-refractivity contribution in [2.24, 2.45) is 5.92 Å². The van der Waals surface area contributed by atoms with E-state index < -0.39 is 0 Å². The first-order valence-corrected chi connectivity index (χ1v) is 9.34. The summed E-state index contributed by atoms with van der Waals surface area (Å²) in [5, 5.41) is 0.453. The highest BCUT2D eigenvalue weighted by atomic mass is 79.9. The van der Waals surface area contributed by atoms with E-state index in [1.807, 2.05) is 11.0 Å². The van der Waals surface area contributed by atoms with Gasteiger partial charge in [-0.1, -0.05) is 27.5 Å². The molecule has 0 N–H and O–H groups in total. The number of morpholine rings is 1. The van der Waals surface area contributed by atoms with Crippen LogP contribution in [-0.4, -0.2) is 61.0 Å². The Kier molecular flexibility index (Phi) is 5.79. The van der Waals surface area contributed by atoms with Crippen LogP contribution >= 0.6 is 27.5 Å². The Morgan fingerprint density at radius 2 is 1.75 bits per heavy atom. The number of likely N-dealkylation sites (tertiary alicyclic amines) is 1. The fourth-order valence-electron chi connectivity index (χ4n) is 3.20. The second-order valence-electron chi connectivity index (χ2n) is 6.13. The number of halogens is 2. The van der Waals surface area contributed by atoms with Gasteiger partial charge in [0.1, 0.15) is 0 Å². The van der Waals surface area contributed by atoms with Crippen LogP contribution in [0.5, 0.6) is 0 Å². The molecule has 0 saturated carbocycles. The zero-order valence-corrected chi connectivity index (χ0v) is 15.7. The topological polar surface area (TPSA) is 49.9 Å². The van der Waals surface area contributed by atoms with Crippen LogP contribution in [0.3, 0.4) is 0 Å². The van der Waals surface area contributed by atoms with Gasteiger partial charge in [0.2, 0.25) is 5.91 Å². The first kappa shape index (κ1) is 17.7. The largest absolute Gasteiger partial charge is 0.378 e. The number of ether oxygens (including phenoxy) is 1. The summed E-state index contributed by atoms with van der Waals surface area (Å²) in [7, 11) is 0. The number of hydrogen-bond donors (Lipinski definition) is 0. The summed E-state index contributed by atoms with van der Waals surface area (Å²) in [6, 6.07) is 5.27. The molecular formula is C17H20BrClN2O3. The summed E-state index contributed by atoms with van der Waals surface area (Å²) in [5.41, 5.74) is 0.504. The molecule has 0 radical (unpaired) electrons. The first-order valence-electron chi connectivity index (χ1n) is 8.17. The van der Waals surface area contributed by atoms with Crippen LogP contribution in [0.25, 0.3) is 0 Å². The highest BCUT2D eigenvalue weighted by Gasteiger charge is 2.31. The molecule has 0 spiro atoms. The van der Waals surface area contributed by atoms with Crippen LogP contribution in [0.15, 0.2) is 22.7 Å². The van der Waals surface area contributed by atoms with E-state index in [9.17, 15) is 9.59 Å². The lowest BCUT2D eigenvalue weighted by Gasteiger charge is -2.35. The second-order valence-corrected chi connectivity index (χ2v) is 7.45. The Morgan fingerprint density at radius 1 is 1.08 bits per heavy atom. The normalized spacial score (nSPS) is 19.4. The van der Waals surface area contributed by atoms with Crippen molar-refractivity contribution in [2.45, 2.75) is 12.8 Å². The lowest BCUT2D eigenvalue weighted by Crippen LogP contribution is -2.47. The summed E-state index contributed by atoms with van der Waals surface area (Å²) in [6.45, 7) is 3.75. The fourth-order valence-corrected chi connectivity index (χ4v) is 3.76. The average Bonchev–Trinajstić information content (AvgIpc) is 2.63. The zero-order chi connectivity index (χ0) is 17.1. The number of nitrogens with zero attached hydrogens (tertiary/aromatic N) is 2. The fraction of sp³-hybridized carbons (Fsp3) is 0.529. The smallest absolute Gasteiger partial charge is 0.255 e. The highest BCUT2D eigenvalue weighted by molar-refractivity contribution is 9.10. The molecule has 0 bridgehead atoms. The molecule has 24 heavy (non-hydrogen) atoms. The van der Waals surface area contributed by atoms with Crippen molar-refractivity contribution in [3.63, 3.8) is 0 Å². The molecule has 7 heteroatoms. The molecule has 2 amide bonds. The summed E-state index contributed by atoms with van der Waals surface area (Å²) >= 11 is 9.52. The molecule has 2 aliphatic heterocycles. The van der Waals surface area contributed by atoms with Gasteiger partial charge in [0.05, 0.1) is 23.8 Å². The Hall–Kier alpha value is -1.11. The van der Waals surface area contributed by atoms with Gasteiger partial charge in [0.25, 0.3) is 5.91 Å². The third-order valence-corrected chi connectivity index (χ3v) is 5.44. The zero-order valence-electron chi connectivity index (χ0n) is 13.3.